The van der Waals surface area contributed by atoms with Crippen LogP contribution in [0.4, 0.5) is 0 Å². The number of benzene rings is 2. The molecule has 0 aliphatic carbocycles. The number of carbonyl (C=O) groups excluding carboxylic acids is 2. The summed E-state index contributed by atoms with van der Waals surface area (Å²) in [4.78, 5) is 25.3. The van der Waals surface area contributed by atoms with Gasteiger partial charge in [-0.3, -0.25) is 0 Å². The highest BCUT2D eigenvalue weighted by Gasteiger charge is 2.59. The number of methoxy groups -OCH3 is 4. The molecule has 19 nitrogen and oxygen atoms in total. The largest absolute Gasteiger partial charge is 0.502 e. The molecular weight excluding hydrogens is 712 g/mol. The normalized spacial score (nSPS) is 28.6. The second-order valence-corrected chi connectivity index (χ2v) is 11.6. The molecule has 53 heavy (non-hydrogen) atoms. The molecule has 2 aromatic carbocycles. The summed E-state index contributed by atoms with van der Waals surface area (Å²) in [5.41, 5.74) is 0.728. The minimum atomic E-state index is -2.51. The van der Waals surface area contributed by atoms with E-state index in [0.29, 0.717) is 11.1 Å². The Bertz CT molecular complexity index is 1590. The molecule has 2 aromatic rings. The molecule has 9 unspecified atom stereocenters. The number of hydrogen-bond acceptors (Lipinski definition) is 19. The molecule has 0 bridgehead atoms. The van der Waals surface area contributed by atoms with E-state index in [1.54, 1.807) is 0 Å². The van der Waals surface area contributed by atoms with Crippen molar-refractivity contribution in [2.75, 3.05) is 48.3 Å². The number of phenols is 2. The number of phenolic OH excluding ortho intramolecular Hbond substituents is 2. The fraction of sp³-hybridized carbons (Fsp3) is 0.471. The minimum absolute atomic E-state index is 0.0447. The van der Waals surface area contributed by atoms with Crippen LogP contribution in [0.25, 0.3) is 12.2 Å². The Kier molecular flexibility index (Phi) is 13.9. The average molecular weight is 755 g/mol. The monoisotopic (exact) mass is 754 g/mol. The highest BCUT2D eigenvalue weighted by Crippen LogP contribution is 2.39. The number of aromatic hydroxyl groups is 2. The molecular formula is C34H42O19. The summed E-state index contributed by atoms with van der Waals surface area (Å²) in [6.45, 7) is -2.67. The molecule has 2 heterocycles. The lowest BCUT2D eigenvalue weighted by molar-refractivity contribution is -0.383. The first-order chi connectivity index (χ1) is 25.3. The first-order valence-electron chi connectivity index (χ1n) is 15.8. The summed E-state index contributed by atoms with van der Waals surface area (Å²) < 4.78 is 47.4. The Morgan fingerprint density at radius 2 is 1.23 bits per heavy atom. The number of esters is 2. The van der Waals surface area contributed by atoms with Crippen LogP contribution >= 0.6 is 0 Å². The van der Waals surface area contributed by atoms with Gasteiger partial charge in [-0.25, -0.2) is 9.59 Å². The summed E-state index contributed by atoms with van der Waals surface area (Å²) in [6.07, 6.45) is -9.89. The zero-order valence-electron chi connectivity index (χ0n) is 28.9. The van der Waals surface area contributed by atoms with Crippen LogP contribution in [0.1, 0.15) is 11.1 Å². The van der Waals surface area contributed by atoms with Crippen molar-refractivity contribution in [1.82, 2.24) is 0 Å². The van der Waals surface area contributed by atoms with Gasteiger partial charge in [0.05, 0.1) is 35.0 Å². The van der Waals surface area contributed by atoms with Crippen LogP contribution < -0.4 is 18.9 Å². The van der Waals surface area contributed by atoms with E-state index >= 15 is 0 Å². The Morgan fingerprint density at radius 1 is 0.736 bits per heavy atom. The van der Waals surface area contributed by atoms with Crippen molar-refractivity contribution in [2.24, 2.45) is 0 Å². The third kappa shape index (κ3) is 9.10. The van der Waals surface area contributed by atoms with Crippen molar-refractivity contribution < 1.29 is 93.1 Å². The molecule has 292 valence electrons. The Hall–Kier alpha value is -4.70. The van der Waals surface area contributed by atoms with Gasteiger partial charge in [0.25, 0.3) is 0 Å². The molecule has 4 rings (SSSR count). The lowest BCUT2D eigenvalue weighted by atomic mass is 9.98. The lowest BCUT2D eigenvalue weighted by Gasteiger charge is -2.44. The van der Waals surface area contributed by atoms with E-state index < -0.39 is 86.6 Å². The van der Waals surface area contributed by atoms with Crippen molar-refractivity contribution in [3.05, 3.63) is 47.5 Å². The summed E-state index contributed by atoms with van der Waals surface area (Å²) in [7, 11) is 5.27. The van der Waals surface area contributed by atoms with E-state index in [9.17, 15) is 50.4 Å². The second-order valence-electron chi connectivity index (χ2n) is 11.6. The van der Waals surface area contributed by atoms with Gasteiger partial charge in [0.2, 0.25) is 17.3 Å². The van der Waals surface area contributed by atoms with E-state index in [-0.39, 0.29) is 34.5 Å². The summed E-state index contributed by atoms with van der Waals surface area (Å²) in [5.74, 6) is -4.78. The molecule has 2 fully saturated rings. The number of aliphatic hydroxyl groups is 6. The first-order valence-corrected chi connectivity index (χ1v) is 15.8. The standard InChI is InChI=1S/C34H42O19/c1-45-18-9-16(10-19(46-2)26(18)39)5-7-24(37)49-14-23-29(42)32(44)34(15-36,52-23)53-33-30(43)31(28(41)22(13-35)50-33)51-25(38)8-6-17-11-20(47-3)27(40)21(12-17)48-4/h5-12,22-23,28-33,35-36,39-44H,13-15H2,1-4H3. The smallest absolute Gasteiger partial charge is 0.331 e. The molecule has 2 aliphatic heterocycles. The van der Waals surface area contributed by atoms with Crippen LogP contribution in [0.15, 0.2) is 36.4 Å². The van der Waals surface area contributed by atoms with Gasteiger partial charge in [0.15, 0.2) is 35.4 Å². The Labute approximate surface area is 302 Å². The third-order valence-electron chi connectivity index (χ3n) is 8.33. The summed E-state index contributed by atoms with van der Waals surface area (Å²) in [6, 6.07) is 5.62. The van der Waals surface area contributed by atoms with Gasteiger partial charge in [0, 0.05) is 12.2 Å². The van der Waals surface area contributed by atoms with Gasteiger partial charge in [-0.05, 0) is 47.5 Å². The van der Waals surface area contributed by atoms with E-state index in [2.05, 4.69) is 0 Å². The SMILES string of the molecule is COc1cc(C=CC(=O)OCC2OC(CO)(OC3OC(CO)C(O)C(OC(=O)C=Cc4cc(OC)c(O)c(OC)c4)C3O)C(O)C2O)cc(OC)c1O. The van der Waals surface area contributed by atoms with E-state index in [1.165, 1.54) is 64.9 Å². The van der Waals surface area contributed by atoms with E-state index in [4.69, 9.17) is 42.6 Å². The van der Waals surface area contributed by atoms with Crippen molar-refractivity contribution >= 4 is 24.1 Å². The minimum Gasteiger partial charge on any atom is -0.502 e. The number of ether oxygens (including phenoxy) is 9. The highest BCUT2D eigenvalue weighted by atomic mass is 16.8. The topological polar surface area (TPSA) is 279 Å². The van der Waals surface area contributed by atoms with Crippen molar-refractivity contribution in [3.8, 4) is 34.5 Å². The van der Waals surface area contributed by atoms with Gasteiger partial charge in [-0.2, -0.15) is 0 Å². The maximum atomic E-state index is 12.8. The lowest BCUT2D eigenvalue weighted by Crippen LogP contribution is -2.63. The van der Waals surface area contributed by atoms with Gasteiger partial charge < -0.3 is 83.5 Å². The van der Waals surface area contributed by atoms with Crippen molar-refractivity contribution in [1.29, 1.82) is 0 Å². The van der Waals surface area contributed by atoms with Crippen LogP contribution in [0, 0.1) is 0 Å². The molecule has 0 amide bonds. The van der Waals surface area contributed by atoms with Crippen LogP contribution in [0.2, 0.25) is 0 Å². The summed E-state index contributed by atoms with van der Waals surface area (Å²) >= 11 is 0. The number of aliphatic hydroxyl groups excluding tert-OH is 6. The van der Waals surface area contributed by atoms with Gasteiger partial charge in [-0.15, -0.1) is 0 Å². The quantitative estimate of drug-likeness (QED) is 0.0765. The van der Waals surface area contributed by atoms with Gasteiger partial charge in [0.1, 0.15) is 49.8 Å². The third-order valence-corrected chi connectivity index (χ3v) is 8.33. The van der Waals surface area contributed by atoms with Gasteiger partial charge in [-0.1, -0.05) is 0 Å². The zero-order valence-corrected chi connectivity index (χ0v) is 28.9. The number of carbonyl (C=O) groups is 2. The predicted molar refractivity (Wildman–Crippen MR) is 177 cm³/mol. The Balaban J connectivity index is 1.43. The molecule has 2 aliphatic rings. The fourth-order valence-corrected chi connectivity index (χ4v) is 5.48. The first kappa shape index (κ1) is 41.1. The highest BCUT2D eigenvalue weighted by molar-refractivity contribution is 5.88. The molecule has 0 aromatic heterocycles. The van der Waals surface area contributed by atoms with Gasteiger partial charge >= 0.3 is 11.9 Å². The summed E-state index contributed by atoms with van der Waals surface area (Å²) in [5, 5.41) is 83.6. The van der Waals surface area contributed by atoms with Crippen molar-refractivity contribution in [2.45, 2.75) is 54.8 Å². The van der Waals surface area contributed by atoms with Crippen LogP contribution in [0.5, 0.6) is 34.5 Å². The van der Waals surface area contributed by atoms with E-state index in [1.807, 2.05) is 0 Å². The van der Waals surface area contributed by atoms with Crippen LogP contribution in [0.3, 0.4) is 0 Å². The number of hydrogen-bond donors (Lipinski definition) is 8. The maximum Gasteiger partial charge on any atom is 0.331 e. The Morgan fingerprint density at radius 3 is 1.68 bits per heavy atom. The molecule has 0 spiro atoms. The fourth-order valence-electron chi connectivity index (χ4n) is 5.48. The predicted octanol–water partition coefficient (Wildman–Crippen LogP) is -1.42. The number of rotatable bonds is 15. The van der Waals surface area contributed by atoms with Crippen LogP contribution in [-0.4, -0.2) is 156 Å². The zero-order chi connectivity index (χ0) is 39.0. The molecule has 19 heteroatoms. The van der Waals surface area contributed by atoms with Crippen LogP contribution in [-0.2, 0) is 33.3 Å². The molecule has 8 N–H and O–H groups in total. The maximum absolute atomic E-state index is 12.8. The average Bonchev–Trinajstić information content (AvgIpc) is 3.40. The molecule has 2 saturated heterocycles. The molecule has 9 atom stereocenters. The van der Waals surface area contributed by atoms with E-state index in [0.717, 1.165) is 12.2 Å². The van der Waals surface area contributed by atoms with Crippen molar-refractivity contribution in [3.63, 3.8) is 0 Å². The molecule has 0 radical (unpaired) electrons. The molecule has 0 saturated carbocycles. The second kappa shape index (κ2) is 17.9.